The van der Waals surface area contributed by atoms with Crippen LogP contribution < -0.4 is 0 Å². The fourth-order valence-electron chi connectivity index (χ4n) is 3.59. The van der Waals surface area contributed by atoms with Crippen LogP contribution in [-0.2, 0) is 6.54 Å². The molecular formula is C20H26N2O2. The molecule has 128 valence electrons. The Morgan fingerprint density at radius 2 is 1.83 bits per heavy atom. The Morgan fingerprint density at radius 3 is 2.42 bits per heavy atom. The summed E-state index contributed by atoms with van der Waals surface area (Å²) >= 11 is 0. The molecule has 1 aromatic carbocycles. The van der Waals surface area contributed by atoms with E-state index in [2.05, 4.69) is 17.3 Å². The molecule has 1 aromatic heterocycles. The summed E-state index contributed by atoms with van der Waals surface area (Å²) < 4.78 is 5.18. The van der Waals surface area contributed by atoms with Crippen LogP contribution in [0, 0.1) is 13.8 Å². The van der Waals surface area contributed by atoms with Crippen molar-refractivity contribution in [3.63, 3.8) is 0 Å². The van der Waals surface area contributed by atoms with Gasteiger partial charge in [-0.25, -0.2) is 0 Å². The molecule has 0 bridgehead atoms. The molecular weight excluding hydrogens is 300 g/mol. The molecule has 1 aliphatic carbocycles. The monoisotopic (exact) mass is 326 g/mol. The molecule has 0 spiro atoms. The van der Waals surface area contributed by atoms with Gasteiger partial charge >= 0.3 is 0 Å². The number of hydrogen-bond acceptors (Lipinski definition) is 3. The highest BCUT2D eigenvalue weighted by atomic mass is 16.5. The third-order valence-electron chi connectivity index (χ3n) is 5.16. The lowest BCUT2D eigenvalue weighted by atomic mass is 9.84. The maximum atomic E-state index is 12.7. The summed E-state index contributed by atoms with van der Waals surface area (Å²) in [5, 5.41) is 3.95. The van der Waals surface area contributed by atoms with Crippen molar-refractivity contribution in [1.82, 2.24) is 10.1 Å². The van der Waals surface area contributed by atoms with Gasteiger partial charge in [0, 0.05) is 18.2 Å². The molecule has 0 saturated heterocycles. The van der Waals surface area contributed by atoms with Crippen LogP contribution in [-0.4, -0.2) is 23.0 Å². The Bertz CT molecular complexity index is 677. The van der Waals surface area contributed by atoms with Gasteiger partial charge in [0.15, 0.2) is 0 Å². The number of amides is 1. The van der Waals surface area contributed by atoms with Gasteiger partial charge in [-0.2, -0.15) is 0 Å². The van der Waals surface area contributed by atoms with Gasteiger partial charge in [-0.05, 0) is 50.3 Å². The highest BCUT2D eigenvalue weighted by Gasteiger charge is 2.18. The minimum atomic E-state index is 0.0326. The molecule has 24 heavy (non-hydrogen) atoms. The molecule has 0 unspecified atom stereocenters. The van der Waals surface area contributed by atoms with Gasteiger partial charge in [0.1, 0.15) is 5.76 Å². The summed E-state index contributed by atoms with van der Waals surface area (Å²) in [6.45, 7) is 4.31. The first-order valence-corrected chi connectivity index (χ1v) is 8.83. The van der Waals surface area contributed by atoms with Gasteiger partial charge in [-0.1, -0.05) is 36.6 Å². The van der Waals surface area contributed by atoms with E-state index in [0.29, 0.717) is 12.5 Å². The molecule has 0 N–H and O–H groups in total. The smallest absolute Gasteiger partial charge is 0.253 e. The average Bonchev–Trinajstić information content (AvgIpc) is 2.94. The molecule has 0 radical (unpaired) electrons. The average molecular weight is 326 g/mol. The SMILES string of the molecule is Cc1noc(C)c1CN(C)C(=O)c1ccc(C2CCCCC2)cc1. The molecule has 2 aromatic rings. The highest BCUT2D eigenvalue weighted by molar-refractivity contribution is 5.94. The fraction of sp³-hybridized carbons (Fsp3) is 0.500. The van der Waals surface area contributed by atoms with Crippen LogP contribution in [0.5, 0.6) is 0 Å². The molecule has 4 nitrogen and oxygen atoms in total. The summed E-state index contributed by atoms with van der Waals surface area (Å²) in [6, 6.07) is 8.20. The van der Waals surface area contributed by atoms with E-state index in [1.165, 1.54) is 37.7 Å². The number of carbonyl (C=O) groups excluding carboxylic acids is 1. The molecule has 1 amide bonds. The number of aryl methyl sites for hydroxylation is 2. The van der Waals surface area contributed by atoms with E-state index in [-0.39, 0.29) is 5.91 Å². The maximum absolute atomic E-state index is 12.7. The van der Waals surface area contributed by atoms with Crippen molar-refractivity contribution in [2.45, 2.75) is 58.4 Å². The van der Waals surface area contributed by atoms with Crippen LogP contribution in [0.1, 0.15) is 71.0 Å². The van der Waals surface area contributed by atoms with Crippen LogP contribution in [0.4, 0.5) is 0 Å². The lowest BCUT2D eigenvalue weighted by molar-refractivity contribution is 0.0784. The van der Waals surface area contributed by atoms with Crippen molar-refractivity contribution in [3.8, 4) is 0 Å². The van der Waals surface area contributed by atoms with Crippen molar-refractivity contribution in [2.24, 2.45) is 0 Å². The van der Waals surface area contributed by atoms with Crippen LogP contribution >= 0.6 is 0 Å². The Hall–Kier alpha value is -2.10. The molecule has 1 saturated carbocycles. The van der Waals surface area contributed by atoms with Crippen molar-refractivity contribution in [1.29, 1.82) is 0 Å². The van der Waals surface area contributed by atoms with Gasteiger partial charge in [0.2, 0.25) is 0 Å². The van der Waals surface area contributed by atoms with Crippen LogP contribution in [0.2, 0.25) is 0 Å². The molecule has 1 heterocycles. The van der Waals surface area contributed by atoms with E-state index in [4.69, 9.17) is 4.52 Å². The number of rotatable bonds is 4. The summed E-state index contributed by atoms with van der Waals surface area (Å²) in [4.78, 5) is 14.4. The second kappa shape index (κ2) is 7.20. The predicted molar refractivity (Wildman–Crippen MR) is 94.0 cm³/mol. The molecule has 1 fully saturated rings. The zero-order chi connectivity index (χ0) is 17.1. The normalized spacial score (nSPS) is 15.5. The second-order valence-electron chi connectivity index (χ2n) is 6.92. The number of hydrogen-bond donors (Lipinski definition) is 0. The maximum Gasteiger partial charge on any atom is 0.253 e. The first-order chi connectivity index (χ1) is 11.6. The Morgan fingerprint density at radius 1 is 1.17 bits per heavy atom. The van der Waals surface area contributed by atoms with Crippen molar-refractivity contribution in [2.75, 3.05) is 7.05 Å². The Labute approximate surface area is 143 Å². The van der Waals surface area contributed by atoms with Gasteiger partial charge in [-0.15, -0.1) is 0 Å². The second-order valence-corrected chi connectivity index (χ2v) is 6.92. The lowest BCUT2D eigenvalue weighted by Crippen LogP contribution is -2.26. The highest BCUT2D eigenvalue weighted by Crippen LogP contribution is 2.32. The number of aromatic nitrogens is 1. The third-order valence-corrected chi connectivity index (χ3v) is 5.16. The Balaban J connectivity index is 1.68. The molecule has 0 aliphatic heterocycles. The van der Waals surface area contributed by atoms with Crippen molar-refractivity contribution in [3.05, 3.63) is 52.4 Å². The molecule has 3 rings (SSSR count). The van der Waals surface area contributed by atoms with Gasteiger partial charge < -0.3 is 9.42 Å². The Kier molecular flexibility index (Phi) is 5.03. The van der Waals surface area contributed by atoms with Gasteiger partial charge in [0.05, 0.1) is 12.2 Å². The predicted octanol–water partition coefficient (Wildman–Crippen LogP) is 4.61. The van der Waals surface area contributed by atoms with Crippen LogP contribution in [0.25, 0.3) is 0 Å². The largest absolute Gasteiger partial charge is 0.361 e. The fourth-order valence-corrected chi connectivity index (χ4v) is 3.59. The topological polar surface area (TPSA) is 46.3 Å². The minimum Gasteiger partial charge on any atom is -0.361 e. The quantitative estimate of drug-likeness (QED) is 0.824. The zero-order valence-corrected chi connectivity index (χ0v) is 14.8. The van der Waals surface area contributed by atoms with E-state index >= 15 is 0 Å². The van der Waals surface area contributed by atoms with Crippen LogP contribution in [0.3, 0.4) is 0 Å². The van der Waals surface area contributed by atoms with E-state index < -0.39 is 0 Å². The minimum absolute atomic E-state index is 0.0326. The summed E-state index contributed by atoms with van der Waals surface area (Å²) in [5.74, 6) is 1.48. The van der Waals surface area contributed by atoms with Gasteiger partial charge in [-0.3, -0.25) is 4.79 Å². The first kappa shape index (κ1) is 16.7. The molecule has 4 heteroatoms. The summed E-state index contributed by atoms with van der Waals surface area (Å²) in [5.41, 5.74) is 3.95. The summed E-state index contributed by atoms with van der Waals surface area (Å²) in [7, 11) is 1.82. The standard InChI is InChI=1S/C20H26N2O2/c1-14-19(15(2)24-21-14)13-22(3)20(23)18-11-9-17(10-12-18)16-7-5-4-6-8-16/h9-12,16H,4-8,13H2,1-3H3. The third kappa shape index (κ3) is 3.53. The molecule has 0 atom stereocenters. The number of carbonyl (C=O) groups is 1. The van der Waals surface area contributed by atoms with E-state index in [1.54, 1.807) is 4.90 Å². The zero-order valence-electron chi connectivity index (χ0n) is 14.8. The van der Waals surface area contributed by atoms with Crippen molar-refractivity contribution >= 4 is 5.91 Å². The van der Waals surface area contributed by atoms with E-state index in [0.717, 1.165) is 22.6 Å². The van der Waals surface area contributed by atoms with Gasteiger partial charge in [0.25, 0.3) is 5.91 Å². The van der Waals surface area contributed by atoms with E-state index in [9.17, 15) is 4.79 Å². The number of nitrogens with zero attached hydrogens (tertiary/aromatic N) is 2. The number of benzene rings is 1. The van der Waals surface area contributed by atoms with E-state index in [1.807, 2.05) is 33.0 Å². The summed E-state index contributed by atoms with van der Waals surface area (Å²) in [6.07, 6.45) is 6.56. The van der Waals surface area contributed by atoms with Crippen LogP contribution in [0.15, 0.2) is 28.8 Å². The molecule has 1 aliphatic rings. The first-order valence-electron chi connectivity index (χ1n) is 8.83. The lowest BCUT2D eigenvalue weighted by Gasteiger charge is -2.22. The van der Waals surface area contributed by atoms with Crippen molar-refractivity contribution < 1.29 is 9.32 Å².